The predicted molar refractivity (Wildman–Crippen MR) is 102 cm³/mol. The summed E-state index contributed by atoms with van der Waals surface area (Å²) in [5.74, 6) is -0.0958. The summed E-state index contributed by atoms with van der Waals surface area (Å²) in [6.45, 7) is 2.94. The van der Waals surface area contributed by atoms with Gasteiger partial charge in [0, 0.05) is 31.7 Å². The maximum absolute atomic E-state index is 12.9. The van der Waals surface area contributed by atoms with Gasteiger partial charge < -0.3 is 4.90 Å². The number of rotatable bonds is 3. The first-order valence-corrected chi connectivity index (χ1v) is 10.3. The Balaban J connectivity index is 1.75. The van der Waals surface area contributed by atoms with Crippen LogP contribution in [-0.4, -0.2) is 49.7 Å². The van der Waals surface area contributed by atoms with Crippen LogP contribution in [0.4, 0.5) is 0 Å². The van der Waals surface area contributed by atoms with Gasteiger partial charge in [0.05, 0.1) is 10.0 Å². The Morgan fingerprint density at radius 1 is 0.962 bits per heavy atom. The average Bonchev–Trinajstić information content (AvgIpc) is 2.61. The van der Waals surface area contributed by atoms with Gasteiger partial charge in [-0.15, -0.1) is 0 Å². The number of hydrogen-bond acceptors (Lipinski definition) is 3. The Morgan fingerprint density at radius 3 is 2.12 bits per heavy atom. The van der Waals surface area contributed by atoms with Gasteiger partial charge in [-0.05, 0) is 31.2 Å². The topological polar surface area (TPSA) is 57.7 Å². The summed E-state index contributed by atoms with van der Waals surface area (Å²) < 4.78 is 27.1. The standard InChI is InChI=1S/C18H18Cl2N2O3S/c1-13-4-2-5-14(12-13)18(23)21-8-10-22(11-9-21)26(24,25)17-15(19)6-3-7-16(17)20/h2-7,12H,8-11H2,1H3. The number of aryl methyl sites for hydroxylation is 1. The summed E-state index contributed by atoms with van der Waals surface area (Å²) in [7, 11) is -3.81. The third kappa shape index (κ3) is 3.74. The van der Waals surface area contributed by atoms with Gasteiger partial charge in [0.2, 0.25) is 10.0 Å². The molecule has 2 aromatic rings. The monoisotopic (exact) mass is 412 g/mol. The van der Waals surface area contributed by atoms with Crippen molar-refractivity contribution in [2.75, 3.05) is 26.2 Å². The molecular formula is C18H18Cl2N2O3S. The number of carbonyl (C=O) groups excluding carboxylic acids is 1. The quantitative estimate of drug-likeness (QED) is 0.775. The summed E-state index contributed by atoms with van der Waals surface area (Å²) in [4.78, 5) is 14.2. The van der Waals surface area contributed by atoms with E-state index < -0.39 is 10.0 Å². The van der Waals surface area contributed by atoms with Gasteiger partial charge in [-0.3, -0.25) is 4.79 Å². The van der Waals surface area contributed by atoms with Crippen molar-refractivity contribution in [3.8, 4) is 0 Å². The van der Waals surface area contributed by atoms with Crippen LogP contribution in [0.2, 0.25) is 10.0 Å². The van der Waals surface area contributed by atoms with Crippen LogP contribution in [0, 0.1) is 6.92 Å². The molecule has 2 aromatic carbocycles. The van der Waals surface area contributed by atoms with E-state index in [9.17, 15) is 13.2 Å². The molecule has 26 heavy (non-hydrogen) atoms. The largest absolute Gasteiger partial charge is 0.336 e. The molecule has 0 radical (unpaired) electrons. The summed E-state index contributed by atoms with van der Waals surface area (Å²) in [6.07, 6.45) is 0. The van der Waals surface area contributed by atoms with Crippen molar-refractivity contribution in [2.24, 2.45) is 0 Å². The van der Waals surface area contributed by atoms with Gasteiger partial charge in [-0.1, -0.05) is 47.0 Å². The summed E-state index contributed by atoms with van der Waals surface area (Å²) in [5.41, 5.74) is 1.61. The van der Waals surface area contributed by atoms with E-state index in [2.05, 4.69) is 0 Å². The molecule has 0 spiro atoms. The Labute approximate surface area is 163 Å². The van der Waals surface area contributed by atoms with Gasteiger partial charge in [0.25, 0.3) is 5.91 Å². The first-order chi connectivity index (χ1) is 12.3. The van der Waals surface area contributed by atoms with Gasteiger partial charge in [0.15, 0.2) is 0 Å². The smallest absolute Gasteiger partial charge is 0.253 e. The molecule has 0 atom stereocenters. The molecule has 0 unspecified atom stereocenters. The number of amides is 1. The molecule has 0 bridgehead atoms. The lowest BCUT2D eigenvalue weighted by atomic mass is 10.1. The van der Waals surface area contributed by atoms with E-state index in [0.29, 0.717) is 18.7 Å². The molecule has 1 aliphatic rings. The Hall–Kier alpha value is -1.60. The third-order valence-corrected chi connectivity index (χ3v) is 7.16. The van der Waals surface area contributed by atoms with Crippen LogP contribution in [-0.2, 0) is 10.0 Å². The summed E-state index contributed by atoms with van der Waals surface area (Å²) in [5, 5.41) is 0.187. The Morgan fingerprint density at radius 2 is 1.54 bits per heavy atom. The van der Waals surface area contributed by atoms with E-state index >= 15 is 0 Å². The van der Waals surface area contributed by atoms with Gasteiger partial charge >= 0.3 is 0 Å². The van der Waals surface area contributed by atoms with Crippen LogP contribution in [0.1, 0.15) is 15.9 Å². The number of piperazine rings is 1. The number of carbonyl (C=O) groups is 1. The number of sulfonamides is 1. The second-order valence-corrected chi connectivity index (χ2v) is 8.81. The summed E-state index contributed by atoms with van der Waals surface area (Å²) in [6, 6.07) is 12.0. The minimum absolute atomic E-state index is 0.0817. The van der Waals surface area contributed by atoms with Crippen molar-refractivity contribution in [2.45, 2.75) is 11.8 Å². The lowest BCUT2D eigenvalue weighted by Gasteiger charge is -2.34. The van der Waals surface area contributed by atoms with Crippen LogP contribution in [0.5, 0.6) is 0 Å². The number of benzene rings is 2. The number of hydrogen-bond donors (Lipinski definition) is 0. The molecule has 1 aliphatic heterocycles. The first kappa shape index (κ1) is 19.2. The van der Waals surface area contributed by atoms with E-state index in [0.717, 1.165) is 5.56 Å². The lowest BCUT2D eigenvalue weighted by molar-refractivity contribution is 0.0698. The molecule has 0 N–H and O–H groups in total. The molecule has 8 heteroatoms. The fourth-order valence-corrected chi connectivity index (χ4v) is 5.46. The molecule has 5 nitrogen and oxygen atoms in total. The maximum atomic E-state index is 12.9. The molecule has 0 aromatic heterocycles. The normalized spacial score (nSPS) is 15.9. The van der Waals surface area contributed by atoms with E-state index in [1.54, 1.807) is 17.0 Å². The van der Waals surface area contributed by atoms with Crippen molar-refractivity contribution in [3.05, 3.63) is 63.6 Å². The van der Waals surface area contributed by atoms with E-state index in [4.69, 9.17) is 23.2 Å². The Bertz CT molecular complexity index is 919. The SMILES string of the molecule is Cc1cccc(C(=O)N2CCN(S(=O)(=O)c3c(Cl)cccc3Cl)CC2)c1. The third-order valence-electron chi connectivity index (χ3n) is 4.31. The fraction of sp³-hybridized carbons (Fsp3) is 0.278. The second-order valence-electron chi connectivity index (χ2n) is 6.12. The zero-order valence-corrected chi connectivity index (χ0v) is 16.5. The van der Waals surface area contributed by atoms with Crippen LogP contribution in [0.15, 0.2) is 47.4 Å². The fourth-order valence-electron chi connectivity index (χ4n) is 2.95. The molecule has 3 rings (SSSR count). The average molecular weight is 413 g/mol. The molecule has 0 aliphatic carbocycles. The second kappa shape index (κ2) is 7.56. The molecule has 1 fully saturated rings. The van der Waals surface area contributed by atoms with Gasteiger partial charge in [0.1, 0.15) is 4.90 Å². The highest BCUT2D eigenvalue weighted by molar-refractivity contribution is 7.89. The van der Waals surface area contributed by atoms with Crippen LogP contribution >= 0.6 is 23.2 Å². The minimum atomic E-state index is -3.81. The van der Waals surface area contributed by atoms with Crippen LogP contribution in [0.25, 0.3) is 0 Å². The van der Waals surface area contributed by atoms with Crippen LogP contribution < -0.4 is 0 Å². The molecule has 0 saturated carbocycles. The van der Waals surface area contributed by atoms with Gasteiger partial charge in [-0.2, -0.15) is 4.31 Å². The van der Waals surface area contributed by atoms with E-state index in [-0.39, 0.29) is 33.9 Å². The predicted octanol–water partition coefficient (Wildman–Crippen LogP) is 3.45. The van der Waals surface area contributed by atoms with Crippen molar-refractivity contribution in [1.82, 2.24) is 9.21 Å². The van der Waals surface area contributed by atoms with Crippen molar-refractivity contribution >= 4 is 39.1 Å². The van der Waals surface area contributed by atoms with Crippen molar-refractivity contribution in [1.29, 1.82) is 0 Å². The lowest BCUT2D eigenvalue weighted by Crippen LogP contribution is -2.50. The molecule has 1 heterocycles. The highest BCUT2D eigenvalue weighted by atomic mass is 35.5. The molecule has 1 saturated heterocycles. The maximum Gasteiger partial charge on any atom is 0.253 e. The summed E-state index contributed by atoms with van der Waals surface area (Å²) >= 11 is 12.1. The van der Waals surface area contributed by atoms with E-state index in [1.165, 1.54) is 16.4 Å². The zero-order valence-electron chi connectivity index (χ0n) is 14.2. The molecular weight excluding hydrogens is 395 g/mol. The molecule has 1 amide bonds. The Kier molecular flexibility index (Phi) is 5.58. The van der Waals surface area contributed by atoms with Crippen molar-refractivity contribution in [3.63, 3.8) is 0 Å². The minimum Gasteiger partial charge on any atom is -0.336 e. The highest BCUT2D eigenvalue weighted by Crippen LogP contribution is 2.32. The van der Waals surface area contributed by atoms with E-state index in [1.807, 2.05) is 25.1 Å². The number of halogens is 2. The molecule has 138 valence electrons. The van der Waals surface area contributed by atoms with Crippen LogP contribution in [0.3, 0.4) is 0 Å². The zero-order chi connectivity index (χ0) is 18.9. The van der Waals surface area contributed by atoms with Crippen molar-refractivity contribution < 1.29 is 13.2 Å². The number of nitrogens with zero attached hydrogens (tertiary/aromatic N) is 2. The first-order valence-electron chi connectivity index (χ1n) is 8.11. The van der Waals surface area contributed by atoms with Gasteiger partial charge in [-0.25, -0.2) is 8.42 Å². The highest BCUT2D eigenvalue weighted by Gasteiger charge is 2.33.